The van der Waals surface area contributed by atoms with Crippen molar-refractivity contribution in [3.8, 4) is 0 Å². The normalized spacial score (nSPS) is 10.8. The van der Waals surface area contributed by atoms with Crippen molar-refractivity contribution >= 4 is 11.9 Å². The minimum absolute atomic E-state index is 0.0545. The fourth-order valence-electron chi connectivity index (χ4n) is 0.951. The Morgan fingerprint density at radius 3 is 3.08 bits per heavy atom. The molecule has 0 unspecified atom stereocenters. The van der Waals surface area contributed by atoms with Crippen LogP contribution in [0.25, 0.3) is 6.08 Å². The maximum Gasteiger partial charge on any atom is 0.152 e. The van der Waals surface area contributed by atoms with Crippen molar-refractivity contribution in [1.82, 2.24) is 9.78 Å². The number of carbonyl (C=O) groups is 1. The molecule has 1 rings (SSSR count). The smallest absolute Gasteiger partial charge is 0.152 e. The molecule has 0 aliphatic rings. The molecule has 0 saturated heterocycles. The lowest BCUT2D eigenvalue weighted by atomic mass is 10.3. The van der Waals surface area contributed by atoms with Crippen molar-refractivity contribution < 1.29 is 4.79 Å². The first kappa shape index (κ1) is 8.71. The van der Waals surface area contributed by atoms with E-state index in [0.717, 1.165) is 12.2 Å². The number of aryl methyl sites for hydroxylation is 1. The Labute approximate surface area is 71.7 Å². The van der Waals surface area contributed by atoms with E-state index >= 15 is 0 Å². The zero-order chi connectivity index (χ0) is 8.97. The van der Waals surface area contributed by atoms with Crippen molar-refractivity contribution in [2.45, 2.75) is 20.4 Å². The van der Waals surface area contributed by atoms with E-state index in [2.05, 4.69) is 5.10 Å². The minimum Gasteiger partial charge on any atom is -0.295 e. The second-order valence-electron chi connectivity index (χ2n) is 2.52. The lowest BCUT2D eigenvalue weighted by Gasteiger charge is -1.97. The highest BCUT2D eigenvalue weighted by Gasteiger charge is 1.94. The van der Waals surface area contributed by atoms with Crippen molar-refractivity contribution in [1.29, 1.82) is 0 Å². The first-order chi connectivity index (χ1) is 5.74. The maximum absolute atomic E-state index is 10.6. The largest absolute Gasteiger partial charge is 0.295 e. The summed E-state index contributed by atoms with van der Waals surface area (Å²) in [6, 6.07) is 1.88. The molecule has 0 aliphatic carbocycles. The van der Waals surface area contributed by atoms with E-state index in [-0.39, 0.29) is 5.78 Å². The summed E-state index contributed by atoms with van der Waals surface area (Å²) in [5, 5.41) is 4.07. The quantitative estimate of drug-likeness (QED) is 0.634. The zero-order valence-corrected chi connectivity index (χ0v) is 7.32. The Bertz CT molecular complexity index is 299. The standard InChI is InChI=1S/C9H12N2O/c1-3-11-9(6-7-10-11)5-4-8(2)12/h4-7H,3H2,1-2H3/b5-4+. The summed E-state index contributed by atoms with van der Waals surface area (Å²) in [6.07, 6.45) is 5.05. The van der Waals surface area contributed by atoms with Crippen LogP contribution in [-0.2, 0) is 11.3 Å². The van der Waals surface area contributed by atoms with Gasteiger partial charge in [0.2, 0.25) is 0 Å². The lowest BCUT2D eigenvalue weighted by Crippen LogP contribution is -1.98. The molecule has 0 aliphatic heterocycles. The summed E-state index contributed by atoms with van der Waals surface area (Å²) in [4.78, 5) is 10.6. The second-order valence-corrected chi connectivity index (χ2v) is 2.52. The van der Waals surface area contributed by atoms with Gasteiger partial charge >= 0.3 is 0 Å². The number of ketones is 1. The third-order valence-corrected chi connectivity index (χ3v) is 1.54. The van der Waals surface area contributed by atoms with E-state index in [4.69, 9.17) is 0 Å². The molecule has 3 heteroatoms. The Hall–Kier alpha value is -1.38. The van der Waals surface area contributed by atoms with Crippen molar-refractivity contribution in [2.75, 3.05) is 0 Å². The van der Waals surface area contributed by atoms with Crippen LogP contribution in [0, 0.1) is 0 Å². The van der Waals surface area contributed by atoms with E-state index in [1.165, 1.54) is 6.92 Å². The first-order valence-electron chi connectivity index (χ1n) is 3.94. The van der Waals surface area contributed by atoms with Gasteiger partial charge in [-0.05, 0) is 32.1 Å². The van der Waals surface area contributed by atoms with Crippen LogP contribution in [0.1, 0.15) is 19.5 Å². The van der Waals surface area contributed by atoms with Crippen molar-refractivity contribution in [3.63, 3.8) is 0 Å². The second kappa shape index (κ2) is 3.85. The molecule has 0 aromatic carbocycles. The molecular weight excluding hydrogens is 152 g/mol. The Kier molecular flexibility index (Phi) is 2.80. The summed E-state index contributed by atoms with van der Waals surface area (Å²) < 4.78 is 1.83. The van der Waals surface area contributed by atoms with Gasteiger partial charge in [-0.2, -0.15) is 5.10 Å². The topological polar surface area (TPSA) is 34.9 Å². The van der Waals surface area contributed by atoms with Gasteiger partial charge in [0.25, 0.3) is 0 Å². The van der Waals surface area contributed by atoms with Gasteiger partial charge in [0.1, 0.15) is 0 Å². The van der Waals surface area contributed by atoms with Crippen LogP contribution < -0.4 is 0 Å². The molecule has 0 fully saturated rings. The van der Waals surface area contributed by atoms with E-state index in [1.54, 1.807) is 18.3 Å². The Morgan fingerprint density at radius 2 is 2.50 bits per heavy atom. The fraction of sp³-hybridized carbons (Fsp3) is 0.333. The molecule has 0 bridgehead atoms. The first-order valence-corrected chi connectivity index (χ1v) is 3.94. The number of carbonyl (C=O) groups excluding carboxylic acids is 1. The molecule has 1 heterocycles. The highest BCUT2D eigenvalue weighted by molar-refractivity contribution is 5.91. The molecule has 64 valence electrons. The molecule has 0 saturated carbocycles. The number of hydrogen-bond donors (Lipinski definition) is 0. The molecule has 1 aromatic rings. The van der Waals surface area contributed by atoms with E-state index in [9.17, 15) is 4.79 Å². The van der Waals surface area contributed by atoms with Gasteiger partial charge in [-0.15, -0.1) is 0 Å². The van der Waals surface area contributed by atoms with Crippen LogP contribution in [0.4, 0.5) is 0 Å². The van der Waals surface area contributed by atoms with Gasteiger partial charge < -0.3 is 0 Å². The third kappa shape index (κ3) is 2.05. The average molecular weight is 164 g/mol. The molecular formula is C9H12N2O. The van der Waals surface area contributed by atoms with Gasteiger partial charge in [-0.3, -0.25) is 9.48 Å². The molecule has 0 N–H and O–H groups in total. The molecule has 0 radical (unpaired) electrons. The van der Waals surface area contributed by atoms with Gasteiger partial charge in [0.15, 0.2) is 5.78 Å². The molecule has 0 amide bonds. The highest BCUT2D eigenvalue weighted by Crippen LogP contribution is 2.00. The highest BCUT2D eigenvalue weighted by atomic mass is 16.1. The summed E-state index contributed by atoms with van der Waals surface area (Å²) in [7, 11) is 0. The fourth-order valence-corrected chi connectivity index (χ4v) is 0.951. The summed E-state index contributed by atoms with van der Waals surface area (Å²) in [6.45, 7) is 4.37. The van der Waals surface area contributed by atoms with Crippen LogP contribution in [-0.4, -0.2) is 15.6 Å². The lowest BCUT2D eigenvalue weighted by molar-refractivity contribution is -0.112. The number of aromatic nitrogens is 2. The summed E-state index contributed by atoms with van der Waals surface area (Å²) >= 11 is 0. The maximum atomic E-state index is 10.6. The average Bonchev–Trinajstić information content (AvgIpc) is 2.47. The van der Waals surface area contributed by atoms with Crippen LogP contribution in [0.2, 0.25) is 0 Å². The number of hydrogen-bond acceptors (Lipinski definition) is 2. The van der Waals surface area contributed by atoms with Crippen LogP contribution in [0.5, 0.6) is 0 Å². The Balaban J connectivity index is 2.81. The summed E-state index contributed by atoms with van der Waals surface area (Å²) in [5.74, 6) is 0.0545. The van der Waals surface area contributed by atoms with Crippen molar-refractivity contribution in [2.24, 2.45) is 0 Å². The molecule has 3 nitrogen and oxygen atoms in total. The zero-order valence-electron chi connectivity index (χ0n) is 7.32. The predicted octanol–water partition coefficient (Wildman–Crippen LogP) is 1.51. The molecule has 12 heavy (non-hydrogen) atoms. The van der Waals surface area contributed by atoms with Crippen LogP contribution in [0.15, 0.2) is 18.3 Å². The van der Waals surface area contributed by atoms with Gasteiger partial charge in [-0.25, -0.2) is 0 Å². The number of rotatable bonds is 3. The SMILES string of the molecule is CCn1nccc1/C=C/C(C)=O. The number of nitrogens with zero attached hydrogens (tertiary/aromatic N) is 2. The third-order valence-electron chi connectivity index (χ3n) is 1.54. The molecule has 1 aromatic heterocycles. The van der Waals surface area contributed by atoms with Crippen molar-refractivity contribution in [3.05, 3.63) is 24.0 Å². The summed E-state index contributed by atoms with van der Waals surface area (Å²) in [5.41, 5.74) is 0.965. The molecule has 0 spiro atoms. The molecule has 0 atom stereocenters. The monoisotopic (exact) mass is 164 g/mol. The van der Waals surface area contributed by atoms with Gasteiger partial charge in [-0.1, -0.05) is 0 Å². The van der Waals surface area contributed by atoms with Crippen LogP contribution in [0.3, 0.4) is 0 Å². The minimum atomic E-state index is 0.0545. The van der Waals surface area contributed by atoms with E-state index < -0.39 is 0 Å². The van der Waals surface area contributed by atoms with Crippen LogP contribution >= 0.6 is 0 Å². The Morgan fingerprint density at radius 1 is 1.75 bits per heavy atom. The van der Waals surface area contributed by atoms with E-state index in [0.29, 0.717) is 0 Å². The number of allylic oxidation sites excluding steroid dienone is 1. The van der Waals surface area contributed by atoms with Gasteiger partial charge in [0, 0.05) is 12.7 Å². The van der Waals surface area contributed by atoms with E-state index in [1.807, 2.05) is 17.7 Å². The predicted molar refractivity (Wildman–Crippen MR) is 47.6 cm³/mol. The van der Waals surface area contributed by atoms with Gasteiger partial charge in [0.05, 0.1) is 5.69 Å².